The van der Waals surface area contributed by atoms with Crippen molar-refractivity contribution in [2.75, 3.05) is 33.2 Å². The van der Waals surface area contributed by atoms with Crippen LogP contribution in [0, 0.1) is 11.8 Å². The molecule has 1 heterocycles. The molecule has 4 nitrogen and oxygen atoms in total. The first-order valence-corrected chi connectivity index (χ1v) is 9.98. The molecule has 1 aliphatic heterocycles. The lowest BCUT2D eigenvalue weighted by Gasteiger charge is -2.34. The molecular weight excluding hydrogens is 348 g/mol. The molecule has 0 spiro atoms. The number of amides is 1. The summed E-state index contributed by atoms with van der Waals surface area (Å²) in [5.41, 5.74) is 1.29. The number of nitrogens with zero attached hydrogens (tertiary/aromatic N) is 2. The van der Waals surface area contributed by atoms with Gasteiger partial charge in [-0.1, -0.05) is 37.6 Å². The van der Waals surface area contributed by atoms with Gasteiger partial charge in [-0.25, -0.2) is 0 Å². The highest BCUT2D eigenvalue weighted by molar-refractivity contribution is 6.36. The lowest BCUT2D eigenvalue weighted by atomic mass is 9.96. The number of halogens is 1. The maximum Gasteiger partial charge on any atom is 0.289 e. The van der Waals surface area contributed by atoms with Gasteiger partial charge in [0, 0.05) is 38.1 Å². The minimum Gasteiger partial charge on any atom is -0.339 e. The highest BCUT2D eigenvalue weighted by Crippen LogP contribution is 2.19. The fourth-order valence-corrected chi connectivity index (χ4v) is 3.71. The number of carbonyl (C=O) groups is 2. The van der Waals surface area contributed by atoms with Crippen LogP contribution in [-0.4, -0.2) is 54.7 Å². The van der Waals surface area contributed by atoms with Gasteiger partial charge in [0.1, 0.15) is 0 Å². The third-order valence-corrected chi connectivity index (χ3v) is 5.20. The zero-order valence-corrected chi connectivity index (χ0v) is 17.0. The van der Waals surface area contributed by atoms with Crippen LogP contribution >= 0.6 is 11.6 Å². The molecular formula is C21H31ClN2O2. The van der Waals surface area contributed by atoms with Crippen LogP contribution in [0.2, 0.25) is 5.02 Å². The first kappa shape index (κ1) is 20.9. The van der Waals surface area contributed by atoms with E-state index in [4.69, 9.17) is 11.6 Å². The molecule has 0 N–H and O–H groups in total. The Kier molecular flexibility index (Phi) is 8.11. The number of piperidine rings is 1. The van der Waals surface area contributed by atoms with Crippen LogP contribution in [0.3, 0.4) is 0 Å². The summed E-state index contributed by atoms with van der Waals surface area (Å²) < 4.78 is 0. The van der Waals surface area contributed by atoms with Gasteiger partial charge >= 0.3 is 0 Å². The summed E-state index contributed by atoms with van der Waals surface area (Å²) in [6.07, 6.45) is 3.60. The molecule has 1 unspecified atom stereocenters. The summed E-state index contributed by atoms with van der Waals surface area (Å²) in [5, 5.41) is 0.770. The number of ketones is 1. The number of likely N-dealkylation sites (N-methyl/N-ethyl adjacent to an activating group) is 1. The number of hydrogen-bond acceptors (Lipinski definition) is 3. The molecule has 0 saturated carbocycles. The first-order chi connectivity index (χ1) is 12.3. The van der Waals surface area contributed by atoms with E-state index in [1.807, 2.05) is 26.0 Å². The zero-order chi connectivity index (χ0) is 19.1. The lowest BCUT2D eigenvalue weighted by molar-refractivity contribution is -0.144. The van der Waals surface area contributed by atoms with Crippen LogP contribution in [0.5, 0.6) is 0 Å². The van der Waals surface area contributed by atoms with Crippen LogP contribution in [0.4, 0.5) is 0 Å². The molecule has 1 aromatic rings. The molecule has 2 rings (SSSR count). The Labute approximate surface area is 162 Å². The van der Waals surface area contributed by atoms with Crippen molar-refractivity contribution in [2.24, 2.45) is 11.8 Å². The molecule has 144 valence electrons. The molecule has 0 aliphatic carbocycles. The molecule has 0 aromatic heterocycles. The maximum atomic E-state index is 12.2. The van der Waals surface area contributed by atoms with Crippen molar-refractivity contribution in [3.8, 4) is 0 Å². The summed E-state index contributed by atoms with van der Waals surface area (Å²) in [4.78, 5) is 28.3. The quantitative estimate of drug-likeness (QED) is 0.648. The van der Waals surface area contributed by atoms with E-state index in [-0.39, 0.29) is 17.6 Å². The average Bonchev–Trinajstić information content (AvgIpc) is 2.60. The second-order valence-corrected chi connectivity index (χ2v) is 8.33. The van der Waals surface area contributed by atoms with Gasteiger partial charge in [0.25, 0.3) is 5.91 Å². The highest BCUT2D eigenvalue weighted by Gasteiger charge is 2.25. The fraction of sp³-hybridized carbons (Fsp3) is 0.619. The molecule has 1 saturated heterocycles. The van der Waals surface area contributed by atoms with E-state index in [1.165, 1.54) is 5.56 Å². The number of benzene rings is 1. The Balaban J connectivity index is 1.79. The van der Waals surface area contributed by atoms with Gasteiger partial charge in [-0.3, -0.25) is 9.59 Å². The number of likely N-dealkylation sites (tertiary alicyclic amines) is 1. The Hall–Kier alpha value is -1.39. The lowest BCUT2D eigenvalue weighted by Crippen LogP contribution is -2.43. The van der Waals surface area contributed by atoms with Crippen LogP contribution in [0.1, 0.15) is 38.7 Å². The molecule has 0 bridgehead atoms. The largest absolute Gasteiger partial charge is 0.339 e. The highest BCUT2D eigenvalue weighted by atomic mass is 35.5. The van der Waals surface area contributed by atoms with Gasteiger partial charge in [-0.15, -0.1) is 0 Å². The van der Waals surface area contributed by atoms with E-state index in [1.54, 1.807) is 11.9 Å². The van der Waals surface area contributed by atoms with E-state index < -0.39 is 0 Å². The van der Waals surface area contributed by atoms with Crippen molar-refractivity contribution in [3.63, 3.8) is 0 Å². The normalized spacial score (nSPS) is 18.1. The summed E-state index contributed by atoms with van der Waals surface area (Å²) in [6.45, 7) is 7.70. The molecule has 1 aliphatic rings. The molecule has 1 fully saturated rings. The van der Waals surface area contributed by atoms with E-state index >= 15 is 0 Å². The number of carbonyl (C=O) groups excluding carboxylic acids is 2. The molecule has 0 radical (unpaired) electrons. The predicted molar refractivity (Wildman–Crippen MR) is 106 cm³/mol. The van der Waals surface area contributed by atoms with Gasteiger partial charge in [-0.05, 0) is 55.3 Å². The standard InChI is InChI=1S/C21H31ClN2O2/c1-16(2)13-20(25)21(26)23(3)14-18-5-4-11-24(15-18)12-10-17-6-8-19(22)9-7-17/h6-9,16,18H,4-5,10-15H2,1-3H3. The number of Topliss-reactive ketones (excluding diaryl/α,β-unsaturated/α-hetero) is 1. The summed E-state index contributed by atoms with van der Waals surface area (Å²) >= 11 is 5.94. The zero-order valence-electron chi connectivity index (χ0n) is 16.2. The minimum atomic E-state index is -0.336. The Morgan fingerprint density at radius 1 is 1.27 bits per heavy atom. The average molecular weight is 379 g/mol. The van der Waals surface area contributed by atoms with Crippen molar-refractivity contribution in [3.05, 3.63) is 34.9 Å². The fourth-order valence-electron chi connectivity index (χ4n) is 3.58. The van der Waals surface area contributed by atoms with Crippen molar-refractivity contribution in [2.45, 2.75) is 39.5 Å². The Morgan fingerprint density at radius 3 is 2.62 bits per heavy atom. The molecule has 1 amide bonds. The van der Waals surface area contributed by atoms with Gasteiger partial charge in [0.05, 0.1) is 0 Å². The summed E-state index contributed by atoms with van der Waals surface area (Å²) in [5.74, 6) is 0.0579. The van der Waals surface area contributed by atoms with Gasteiger partial charge < -0.3 is 9.80 Å². The van der Waals surface area contributed by atoms with Crippen LogP contribution in [0.15, 0.2) is 24.3 Å². The van der Waals surface area contributed by atoms with Gasteiger partial charge in [-0.2, -0.15) is 0 Å². The Morgan fingerprint density at radius 2 is 1.96 bits per heavy atom. The van der Waals surface area contributed by atoms with E-state index in [2.05, 4.69) is 17.0 Å². The van der Waals surface area contributed by atoms with E-state index in [0.29, 0.717) is 18.9 Å². The van der Waals surface area contributed by atoms with E-state index in [9.17, 15) is 9.59 Å². The third kappa shape index (κ3) is 6.73. The second kappa shape index (κ2) is 10.1. The number of hydrogen-bond donors (Lipinski definition) is 0. The van der Waals surface area contributed by atoms with Crippen molar-refractivity contribution in [1.29, 1.82) is 0 Å². The van der Waals surface area contributed by atoms with Gasteiger partial charge in [0.15, 0.2) is 0 Å². The van der Waals surface area contributed by atoms with Crippen LogP contribution in [0.25, 0.3) is 0 Å². The molecule has 5 heteroatoms. The predicted octanol–water partition coefficient (Wildman–Crippen LogP) is 3.67. The molecule has 26 heavy (non-hydrogen) atoms. The van der Waals surface area contributed by atoms with E-state index in [0.717, 1.165) is 43.9 Å². The maximum absolute atomic E-state index is 12.2. The Bertz CT molecular complexity index is 601. The van der Waals surface area contributed by atoms with Crippen LogP contribution < -0.4 is 0 Å². The monoisotopic (exact) mass is 378 g/mol. The van der Waals surface area contributed by atoms with Crippen molar-refractivity contribution >= 4 is 23.3 Å². The first-order valence-electron chi connectivity index (χ1n) is 9.60. The minimum absolute atomic E-state index is 0.220. The SMILES string of the molecule is CC(C)CC(=O)C(=O)N(C)CC1CCCN(CCc2ccc(Cl)cc2)C1. The topological polar surface area (TPSA) is 40.6 Å². The number of rotatable bonds is 8. The van der Waals surface area contributed by atoms with Crippen molar-refractivity contribution in [1.82, 2.24) is 9.80 Å². The van der Waals surface area contributed by atoms with Gasteiger partial charge in [0.2, 0.25) is 5.78 Å². The van der Waals surface area contributed by atoms with Crippen molar-refractivity contribution < 1.29 is 9.59 Å². The third-order valence-electron chi connectivity index (χ3n) is 4.94. The smallest absolute Gasteiger partial charge is 0.289 e. The molecule has 1 atom stereocenters. The summed E-state index contributed by atoms with van der Waals surface area (Å²) in [6, 6.07) is 8.03. The summed E-state index contributed by atoms with van der Waals surface area (Å²) in [7, 11) is 1.76. The second-order valence-electron chi connectivity index (χ2n) is 7.89. The van der Waals surface area contributed by atoms with Crippen LogP contribution in [-0.2, 0) is 16.0 Å². The molecule has 1 aromatic carbocycles.